The maximum absolute atomic E-state index is 9.04. The Bertz CT molecular complexity index is 584. The molecule has 0 aliphatic carbocycles. The van der Waals surface area contributed by atoms with Gasteiger partial charge in [0.05, 0.1) is 12.3 Å². The average molecular weight is 258 g/mol. The van der Waals surface area contributed by atoms with Crippen LogP contribution < -0.4 is 4.74 Å². The third kappa shape index (κ3) is 2.52. The third-order valence-corrected chi connectivity index (χ3v) is 3.58. The van der Waals surface area contributed by atoms with Gasteiger partial charge in [0, 0.05) is 5.56 Å². The van der Waals surface area contributed by atoms with Crippen LogP contribution in [0, 0.1) is 11.3 Å². The molecule has 0 atom stereocenters. The van der Waals surface area contributed by atoms with Gasteiger partial charge in [0.1, 0.15) is 21.7 Å². The maximum atomic E-state index is 9.04. The Kier molecular flexibility index (Phi) is 3.96. The van der Waals surface area contributed by atoms with Crippen molar-refractivity contribution in [1.29, 1.82) is 5.26 Å². The molecule has 0 N–H and O–H groups in total. The molecule has 0 aliphatic rings. The molecule has 18 heavy (non-hydrogen) atoms. The van der Waals surface area contributed by atoms with Gasteiger partial charge in [0.15, 0.2) is 0 Å². The Morgan fingerprint density at radius 1 is 1.39 bits per heavy atom. The molecule has 0 fully saturated rings. The zero-order valence-electron chi connectivity index (χ0n) is 10.4. The molecule has 0 unspecified atom stereocenters. The molecule has 1 aromatic heterocycles. The van der Waals surface area contributed by atoms with E-state index in [1.807, 2.05) is 38.1 Å². The summed E-state index contributed by atoms with van der Waals surface area (Å²) < 4.78 is 5.47. The lowest BCUT2D eigenvalue weighted by molar-refractivity contribution is 0.340. The molecule has 4 heteroatoms. The van der Waals surface area contributed by atoms with Crippen LogP contribution in [0.3, 0.4) is 0 Å². The van der Waals surface area contributed by atoms with E-state index in [1.54, 1.807) is 0 Å². The summed E-state index contributed by atoms with van der Waals surface area (Å²) in [5.41, 5.74) is 1.88. The summed E-state index contributed by atoms with van der Waals surface area (Å²) in [6, 6.07) is 10.0. The van der Waals surface area contributed by atoms with E-state index in [2.05, 4.69) is 11.1 Å². The molecule has 0 saturated heterocycles. The molecule has 2 rings (SSSR count). The smallest absolute Gasteiger partial charge is 0.128 e. The average Bonchev–Trinajstić information content (AvgIpc) is 2.82. The van der Waals surface area contributed by atoms with Crippen LogP contribution in [0.25, 0.3) is 10.6 Å². The Morgan fingerprint density at radius 2 is 2.22 bits per heavy atom. The number of benzene rings is 1. The van der Waals surface area contributed by atoms with Crippen molar-refractivity contribution >= 4 is 11.3 Å². The summed E-state index contributed by atoms with van der Waals surface area (Å²) in [6.07, 6.45) is 0.782. The molecule has 0 spiro atoms. The number of hydrogen-bond donors (Lipinski definition) is 0. The van der Waals surface area contributed by atoms with Crippen molar-refractivity contribution < 1.29 is 4.74 Å². The van der Waals surface area contributed by atoms with Crippen molar-refractivity contribution in [2.45, 2.75) is 20.3 Å². The number of aromatic nitrogens is 1. The van der Waals surface area contributed by atoms with Gasteiger partial charge in [-0.15, -0.1) is 11.3 Å². The van der Waals surface area contributed by atoms with E-state index in [9.17, 15) is 0 Å². The first-order valence-electron chi connectivity index (χ1n) is 5.91. The molecule has 0 radical (unpaired) electrons. The number of rotatable bonds is 4. The molecular formula is C14H14N2OS. The molecule has 0 aliphatic heterocycles. The van der Waals surface area contributed by atoms with Crippen molar-refractivity contribution in [3.8, 4) is 22.4 Å². The summed E-state index contributed by atoms with van der Waals surface area (Å²) in [5.74, 6) is 0.835. The highest BCUT2D eigenvalue weighted by atomic mass is 32.1. The molecule has 1 heterocycles. The molecule has 0 saturated carbocycles. The van der Waals surface area contributed by atoms with Crippen molar-refractivity contribution in [2.75, 3.05) is 6.61 Å². The molecule has 2 aromatic rings. The Labute approximate surface area is 111 Å². The van der Waals surface area contributed by atoms with Crippen molar-refractivity contribution in [3.63, 3.8) is 0 Å². The second kappa shape index (κ2) is 5.65. The highest BCUT2D eigenvalue weighted by Crippen LogP contribution is 2.30. The van der Waals surface area contributed by atoms with E-state index in [1.165, 1.54) is 11.3 Å². The standard InChI is InChI=1S/C14H14N2OS/c1-3-12-13(9-15)18-14(16-12)10-6-5-7-11(8-10)17-4-2/h5-8H,3-4H2,1-2H3. The van der Waals surface area contributed by atoms with E-state index in [4.69, 9.17) is 10.00 Å². The second-order valence-electron chi connectivity index (χ2n) is 3.72. The third-order valence-electron chi connectivity index (χ3n) is 2.53. The first kappa shape index (κ1) is 12.6. The van der Waals surface area contributed by atoms with E-state index in [0.29, 0.717) is 11.5 Å². The number of ether oxygens (including phenoxy) is 1. The van der Waals surface area contributed by atoms with Gasteiger partial charge in [-0.25, -0.2) is 4.98 Å². The highest BCUT2D eigenvalue weighted by molar-refractivity contribution is 7.15. The van der Waals surface area contributed by atoms with Gasteiger partial charge in [0.25, 0.3) is 0 Å². The van der Waals surface area contributed by atoms with Gasteiger partial charge in [-0.2, -0.15) is 5.26 Å². The molecule has 92 valence electrons. The van der Waals surface area contributed by atoms with E-state index in [-0.39, 0.29) is 0 Å². The van der Waals surface area contributed by atoms with Gasteiger partial charge in [0.2, 0.25) is 0 Å². The molecule has 3 nitrogen and oxygen atoms in total. The Morgan fingerprint density at radius 3 is 2.83 bits per heavy atom. The summed E-state index contributed by atoms with van der Waals surface area (Å²) in [6.45, 7) is 4.61. The zero-order chi connectivity index (χ0) is 13.0. The minimum Gasteiger partial charge on any atom is -0.494 e. The highest BCUT2D eigenvalue weighted by Gasteiger charge is 2.11. The summed E-state index contributed by atoms with van der Waals surface area (Å²) >= 11 is 1.44. The minimum absolute atomic E-state index is 0.644. The lowest BCUT2D eigenvalue weighted by Crippen LogP contribution is -1.91. The van der Waals surface area contributed by atoms with Crippen LogP contribution in [-0.2, 0) is 6.42 Å². The van der Waals surface area contributed by atoms with Crippen LogP contribution in [0.15, 0.2) is 24.3 Å². The Hall–Kier alpha value is -1.86. The lowest BCUT2D eigenvalue weighted by atomic mass is 10.2. The van der Waals surface area contributed by atoms with Crippen LogP contribution in [0.5, 0.6) is 5.75 Å². The van der Waals surface area contributed by atoms with Crippen LogP contribution in [0.1, 0.15) is 24.4 Å². The number of nitrogens with zero attached hydrogens (tertiary/aromatic N) is 2. The van der Waals surface area contributed by atoms with Crippen molar-refractivity contribution in [1.82, 2.24) is 4.98 Å². The van der Waals surface area contributed by atoms with Gasteiger partial charge >= 0.3 is 0 Å². The molecule has 1 aromatic carbocycles. The fourth-order valence-electron chi connectivity index (χ4n) is 1.69. The Balaban J connectivity index is 2.39. The summed E-state index contributed by atoms with van der Waals surface area (Å²) in [7, 11) is 0. The maximum Gasteiger partial charge on any atom is 0.128 e. The van der Waals surface area contributed by atoms with Gasteiger partial charge in [-0.05, 0) is 25.5 Å². The van der Waals surface area contributed by atoms with Gasteiger partial charge in [-0.1, -0.05) is 19.1 Å². The molecular weight excluding hydrogens is 244 g/mol. The zero-order valence-corrected chi connectivity index (χ0v) is 11.3. The SMILES string of the molecule is CCOc1cccc(-c2nc(CC)c(C#N)s2)c1. The predicted octanol–water partition coefficient (Wildman–Crippen LogP) is 3.64. The van der Waals surface area contributed by atoms with Crippen LogP contribution >= 0.6 is 11.3 Å². The normalized spacial score (nSPS) is 10.1. The monoisotopic (exact) mass is 258 g/mol. The fourth-order valence-corrected chi connectivity index (χ4v) is 2.64. The largest absolute Gasteiger partial charge is 0.494 e. The second-order valence-corrected chi connectivity index (χ2v) is 4.72. The number of thiazole rings is 1. The number of nitriles is 1. The lowest BCUT2D eigenvalue weighted by Gasteiger charge is -2.03. The van der Waals surface area contributed by atoms with Crippen LogP contribution in [0.2, 0.25) is 0 Å². The van der Waals surface area contributed by atoms with Gasteiger partial charge < -0.3 is 4.74 Å². The number of aryl methyl sites for hydroxylation is 1. The van der Waals surface area contributed by atoms with E-state index in [0.717, 1.165) is 28.4 Å². The number of hydrogen-bond acceptors (Lipinski definition) is 4. The van der Waals surface area contributed by atoms with Gasteiger partial charge in [-0.3, -0.25) is 0 Å². The summed E-state index contributed by atoms with van der Waals surface area (Å²) in [4.78, 5) is 5.21. The molecule has 0 bridgehead atoms. The topological polar surface area (TPSA) is 45.9 Å². The van der Waals surface area contributed by atoms with Crippen LogP contribution in [-0.4, -0.2) is 11.6 Å². The van der Waals surface area contributed by atoms with E-state index < -0.39 is 0 Å². The first-order chi connectivity index (χ1) is 8.78. The van der Waals surface area contributed by atoms with E-state index >= 15 is 0 Å². The van der Waals surface area contributed by atoms with Crippen molar-refractivity contribution in [3.05, 3.63) is 34.8 Å². The summed E-state index contributed by atoms with van der Waals surface area (Å²) in [5, 5.41) is 9.92. The quantitative estimate of drug-likeness (QED) is 0.841. The van der Waals surface area contributed by atoms with Crippen molar-refractivity contribution in [2.24, 2.45) is 0 Å². The predicted molar refractivity (Wildman–Crippen MR) is 72.8 cm³/mol. The minimum atomic E-state index is 0.644. The molecule has 0 amide bonds. The van der Waals surface area contributed by atoms with Crippen LogP contribution in [0.4, 0.5) is 0 Å². The fraction of sp³-hybridized carbons (Fsp3) is 0.286. The first-order valence-corrected chi connectivity index (χ1v) is 6.73.